The highest BCUT2D eigenvalue weighted by atomic mass is 35.5. The van der Waals surface area contributed by atoms with E-state index in [2.05, 4.69) is 9.71 Å². The molecule has 0 saturated carbocycles. The van der Waals surface area contributed by atoms with Gasteiger partial charge in [0.2, 0.25) is 10.0 Å². The van der Waals surface area contributed by atoms with Crippen molar-refractivity contribution in [1.29, 1.82) is 0 Å². The second-order valence-electron chi connectivity index (χ2n) is 5.38. The summed E-state index contributed by atoms with van der Waals surface area (Å²) < 4.78 is 27.7. The van der Waals surface area contributed by atoms with E-state index in [4.69, 9.17) is 11.6 Å². The van der Waals surface area contributed by atoms with E-state index in [0.717, 1.165) is 11.1 Å². The van der Waals surface area contributed by atoms with Crippen LogP contribution in [0.1, 0.15) is 25.0 Å². The van der Waals surface area contributed by atoms with Gasteiger partial charge in [0.15, 0.2) is 0 Å². The van der Waals surface area contributed by atoms with Crippen LogP contribution in [0.25, 0.3) is 0 Å². The molecule has 0 radical (unpaired) electrons. The van der Waals surface area contributed by atoms with Crippen molar-refractivity contribution < 1.29 is 8.42 Å². The van der Waals surface area contributed by atoms with Crippen LogP contribution in [0.5, 0.6) is 0 Å². The second-order valence-corrected chi connectivity index (χ2v) is 7.47. The third kappa shape index (κ3) is 3.61. The fourth-order valence-corrected chi connectivity index (χ4v) is 3.64. The van der Waals surface area contributed by atoms with Gasteiger partial charge in [-0.05, 0) is 56.2 Å². The largest absolute Gasteiger partial charge is 0.265 e. The number of aromatic nitrogens is 1. The zero-order valence-corrected chi connectivity index (χ0v) is 13.7. The second kappa shape index (κ2) is 5.75. The molecular weight excluding hydrogens is 308 g/mol. The van der Waals surface area contributed by atoms with Crippen molar-refractivity contribution in [3.8, 4) is 0 Å². The van der Waals surface area contributed by atoms with Crippen molar-refractivity contribution in [2.75, 3.05) is 0 Å². The fourth-order valence-electron chi connectivity index (χ4n) is 1.96. The molecule has 0 amide bonds. The Kier molecular flexibility index (Phi) is 4.37. The van der Waals surface area contributed by atoms with Crippen LogP contribution in [-0.2, 0) is 15.6 Å². The van der Waals surface area contributed by atoms with Gasteiger partial charge in [-0.1, -0.05) is 17.7 Å². The molecule has 4 nitrogen and oxygen atoms in total. The first kappa shape index (κ1) is 15.9. The van der Waals surface area contributed by atoms with Crippen molar-refractivity contribution in [3.05, 3.63) is 58.9 Å². The Morgan fingerprint density at radius 2 is 1.76 bits per heavy atom. The zero-order chi connectivity index (χ0) is 15.7. The van der Waals surface area contributed by atoms with Gasteiger partial charge < -0.3 is 0 Å². The highest BCUT2D eigenvalue weighted by Gasteiger charge is 2.28. The Hall–Kier alpha value is -1.43. The average Bonchev–Trinajstić information content (AvgIpc) is 2.41. The van der Waals surface area contributed by atoms with E-state index >= 15 is 0 Å². The Bertz CT molecular complexity index is 744. The molecule has 1 aromatic carbocycles. The highest BCUT2D eigenvalue weighted by molar-refractivity contribution is 7.89. The van der Waals surface area contributed by atoms with E-state index in [1.807, 2.05) is 6.92 Å². The molecular formula is C15H17ClN2O2S. The molecule has 0 aliphatic heterocycles. The van der Waals surface area contributed by atoms with Gasteiger partial charge in [-0.3, -0.25) is 4.98 Å². The topological polar surface area (TPSA) is 59.1 Å². The Morgan fingerprint density at radius 1 is 1.14 bits per heavy atom. The van der Waals surface area contributed by atoms with Crippen molar-refractivity contribution in [2.24, 2.45) is 0 Å². The molecule has 0 spiro atoms. The van der Waals surface area contributed by atoms with Gasteiger partial charge in [0.25, 0.3) is 0 Å². The molecule has 2 aromatic rings. The number of hydrogen-bond acceptors (Lipinski definition) is 3. The normalized spacial score (nSPS) is 12.4. The molecule has 2 rings (SSSR count). The number of aryl methyl sites for hydroxylation is 1. The lowest BCUT2D eigenvalue weighted by Gasteiger charge is -2.26. The van der Waals surface area contributed by atoms with Crippen molar-refractivity contribution in [1.82, 2.24) is 9.71 Å². The number of rotatable bonds is 4. The van der Waals surface area contributed by atoms with Crippen LogP contribution in [0.15, 0.2) is 47.6 Å². The molecule has 21 heavy (non-hydrogen) atoms. The summed E-state index contributed by atoms with van der Waals surface area (Å²) in [6.07, 6.45) is 3.27. The summed E-state index contributed by atoms with van der Waals surface area (Å²) in [6, 6.07) is 8.26. The third-order valence-corrected chi connectivity index (χ3v) is 5.31. The predicted octanol–water partition coefficient (Wildman–Crippen LogP) is 3.26. The quantitative estimate of drug-likeness (QED) is 0.939. The Morgan fingerprint density at radius 3 is 2.33 bits per heavy atom. The summed E-state index contributed by atoms with van der Waals surface area (Å²) in [5.41, 5.74) is 0.919. The Balaban J connectivity index is 2.35. The average molecular weight is 325 g/mol. The van der Waals surface area contributed by atoms with Crippen LogP contribution >= 0.6 is 11.6 Å². The van der Waals surface area contributed by atoms with Crippen LogP contribution in [-0.4, -0.2) is 13.4 Å². The van der Waals surface area contributed by atoms with Crippen LogP contribution in [0, 0.1) is 6.92 Å². The number of halogens is 1. The van der Waals surface area contributed by atoms with E-state index < -0.39 is 15.6 Å². The molecule has 1 aromatic heterocycles. The lowest BCUT2D eigenvalue weighted by molar-refractivity contribution is 0.471. The predicted molar refractivity (Wildman–Crippen MR) is 83.8 cm³/mol. The van der Waals surface area contributed by atoms with Crippen LogP contribution < -0.4 is 4.72 Å². The maximum Gasteiger partial charge on any atom is 0.241 e. The van der Waals surface area contributed by atoms with Crippen molar-refractivity contribution >= 4 is 21.6 Å². The first-order valence-corrected chi connectivity index (χ1v) is 8.29. The summed E-state index contributed by atoms with van der Waals surface area (Å²) in [6.45, 7) is 5.43. The van der Waals surface area contributed by atoms with Gasteiger partial charge in [-0.15, -0.1) is 0 Å². The molecule has 0 aliphatic rings. The molecule has 0 unspecified atom stereocenters. The minimum Gasteiger partial charge on any atom is -0.265 e. The summed E-state index contributed by atoms with van der Waals surface area (Å²) in [4.78, 5) is 4.09. The molecule has 112 valence electrons. The number of benzene rings is 1. The van der Waals surface area contributed by atoms with Gasteiger partial charge in [0.1, 0.15) is 0 Å². The zero-order valence-electron chi connectivity index (χ0n) is 12.1. The number of hydrogen-bond donors (Lipinski definition) is 1. The number of nitrogens with zero attached hydrogens (tertiary/aromatic N) is 1. The molecule has 0 atom stereocenters. The van der Waals surface area contributed by atoms with E-state index in [0.29, 0.717) is 5.02 Å². The summed E-state index contributed by atoms with van der Waals surface area (Å²) in [7, 11) is -3.66. The molecule has 6 heteroatoms. The fraction of sp³-hybridized carbons (Fsp3) is 0.267. The van der Waals surface area contributed by atoms with Gasteiger partial charge in [0.05, 0.1) is 10.4 Å². The summed E-state index contributed by atoms with van der Waals surface area (Å²) >= 11 is 6.01. The lowest BCUT2D eigenvalue weighted by atomic mass is 9.97. The third-order valence-electron chi connectivity index (χ3n) is 3.25. The number of pyridine rings is 1. The molecule has 0 saturated heterocycles. The van der Waals surface area contributed by atoms with Crippen LogP contribution in [0.4, 0.5) is 0 Å². The van der Waals surface area contributed by atoms with Crippen molar-refractivity contribution in [2.45, 2.75) is 31.2 Å². The number of sulfonamides is 1. The van der Waals surface area contributed by atoms with Crippen LogP contribution in [0.2, 0.25) is 5.02 Å². The van der Waals surface area contributed by atoms with E-state index in [-0.39, 0.29) is 4.90 Å². The maximum atomic E-state index is 12.5. The minimum atomic E-state index is -3.66. The van der Waals surface area contributed by atoms with E-state index in [9.17, 15) is 8.42 Å². The monoisotopic (exact) mass is 324 g/mol. The first-order valence-electron chi connectivity index (χ1n) is 6.43. The van der Waals surface area contributed by atoms with Gasteiger partial charge in [-0.2, -0.15) is 0 Å². The molecule has 0 bridgehead atoms. The van der Waals surface area contributed by atoms with Gasteiger partial charge >= 0.3 is 0 Å². The molecule has 0 fully saturated rings. The van der Waals surface area contributed by atoms with Gasteiger partial charge in [-0.25, -0.2) is 13.1 Å². The van der Waals surface area contributed by atoms with Gasteiger partial charge in [0, 0.05) is 17.4 Å². The summed E-state index contributed by atoms with van der Waals surface area (Å²) in [5, 5.41) is 0.430. The minimum absolute atomic E-state index is 0.153. The van der Waals surface area contributed by atoms with E-state index in [1.54, 1.807) is 50.5 Å². The summed E-state index contributed by atoms with van der Waals surface area (Å²) in [5.74, 6) is 0. The molecule has 0 aliphatic carbocycles. The standard InChI is InChI=1S/C15H17ClN2O2S/c1-11-4-5-13(10-14(11)16)21(19,20)18-15(2,3)12-6-8-17-9-7-12/h4-10,18H,1-3H3. The first-order chi connectivity index (χ1) is 9.72. The van der Waals surface area contributed by atoms with E-state index in [1.165, 1.54) is 6.07 Å². The smallest absolute Gasteiger partial charge is 0.241 e. The maximum absolute atomic E-state index is 12.5. The van der Waals surface area contributed by atoms with Crippen LogP contribution in [0.3, 0.4) is 0 Å². The lowest BCUT2D eigenvalue weighted by Crippen LogP contribution is -2.40. The SMILES string of the molecule is Cc1ccc(S(=O)(=O)NC(C)(C)c2ccncc2)cc1Cl. The highest BCUT2D eigenvalue weighted by Crippen LogP contribution is 2.25. The molecule has 1 N–H and O–H groups in total. The van der Waals surface area contributed by atoms with Crippen molar-refractivity contribution in [3.63, 3.8) is 0 Å². The number of nitrogens with one attached hydrogen (secondary N) is 1. The Labute approximate surface area is 130 Å². The molecule has 1 heterocycles.